The van der Waals surface area contributed by atoms with Gasteiger partial charge in [0.15, 0.2) is 0 Å². The Labute approximate surface area is 142 Å². The molecule has 5 heteroatoms. The van der Waals surface area contributed by atoms with Crippen molar-refractivity contribution in [1.82, 2.24) is 5.32 Å². The number of benzene rings is 1. The maximum Gasteiger partial charge on any atom is 0.221 e. The Balaban J connectivity index is 1.61. The third-order valence-corrected chi connectivity index (χ3v) is 4.49. The molecule has 0 unspecified atom stereocenters. The van der Waals surface area contributed by atoms with Crippen LogP contribution in [-0.2, 0) is 4.79 Å². The van der Waals surface area contributed by atoms with Crippen LogP contribution < -0.4 is 10.6 Å². The zero-order valence-corrected chi connectivity index (χ0v) is 14.1. The molecule has 120 valence electrons. The number of carbonyl (C=O) groups is 1. The van der Waals surface area contributed by atoms with E-state index in [0.29, 0.717) is 23.0 Å². The lowest BCUT2D eigenvalue weighted by molar-refractivity contribution is -0.120. The van der Waals surface area contributed by atoms with Gasteiger partial charge in [-0.05, 0) is 50.3 Å². The highest BCUT2D eigenvalue weighted by molar-refractivity contribution is 6.42. The number of allylic oxidation sites excluding steroid dienone is 1. The van der Waals surface area contributed by atoms with E-state index in [1.165, 1.54) is 31.3 Å². The number of nitrogens with one attached hydrogen (secondary N) is 2. The predicted molar refractivity (Wildman–Crippen MR) is 93.7 cm³/mol. The Kier molecular flexibility index (Phi) is 7.07. The summed E-state index contributed by atoms with van der Waals surface area (Å²) in [6, 6.07) is 5.35. The summed E-state index contributed by atoms with van der Waals surface area (Å²) in [7, 11) is 0. The van der Waals surface area contributed by atoms with Gasteiger partial charge in [-0.2, -0.15) is 0 Å². The number of amides is 1. The molecule has 0 bridgehead atoms. The van der Waals surface area contributed by atoms with Crippen LogP contribution in [0.5, 0.6) is 0 Å². The number of rotatable bonds is 7. The fraction of sp³-hybridized carbons (Fsp3) is 0.471. The quantitative estimate of drug-likeness (QED) is 0.699. The normalized spacial score (nSPS) is 14.4. The van der Waals surface area contributed by atoms with E-state index in [9.17, 15) is 4.79 Å². The standard InChI is InChI=1S/C17H22Cl2N2O/c18-15-7-6-14(12-16(15)19)20-11-9-17(22)21-10-8-13-4-2-1-3-5-13/h4,6-7,12,20H,1-3,5,8-11H2,(H,21,22). The van der Waals surface area contributed by atoms with E-state index in [1.807, 2.05) is 6.07 Å². The molecule has 0 radical (unpaired) electrons. The van der Waals surface area contributed by atoms with E-state index in [-0.39, 0.29) is 5.91 Å². The maximum absolute atomic E-state index is 11.8. The van der Waals surface area contributed by atoms with Gasteiger partial charge in [0, 0.05) is 25.2 Å². The summed E-state index contributed by atoms with van der Waals surface area (Å²) in [6.45, 7) is 1.31. The molecule has 0 aromatic heterocycles. The lowest BCUT2D eigenvalue weighted by Crippen LogP contribution is -2.26. The Bertz CT molecular complexity index is 543. The Morgan fingerprint density at radius 3 is 2.73 bits per heavy atom. The van der Waals surface area contributed by atoms with Crippen molar-refractivity contribution in [3.05, 3.63) is 39.9 Å². The van der Waals surface area contributed by atoms with E-state index in [1.54, 1.807) is 12.1 Å². The first-order valence-electron chi connectivity index (χ1n) is 7.78. The van der Waals surface area contributed by atoms with Gasteiger partial charge >= 0.3 is 0 Å². The van der Waals surface area contributed by atoms with Gasteiger partial charge in [-0.3, -0.25) is 4.79 Å². The minimum atomic E-state index is 0.0731. The average molecular weight is 341 g/mol. The van der Waals surface area contributed by atoms with E-state index in [2.05, 4.69) is 16.7 Å². The average Bonchev–Trinajstić information content (AvgIpc) is 2.52. The molecule has 0 fully saturated rings. The van der Waals surface area contributed by atoms with E-state index >= 15 is 0 Å². The molecule has 3 nitrogen and oxygen atoms in total. The van der Waals surface area contributed by atoms with Gasteiger partial charge in [-0.25, -0.2) is 0 Å². The summed E-state index contributed by atoms with van der Waals surface area (Å²) in [4.78, 5) is 11.8. The fourth-order valence-electron chi connectivity index (χ4n) is 2.51. The third kappa shape index (κ3) is 5.90. The van der Waals surface area contributed by atoms with Crippen molar-refractivity contribution in [2.75, 3.05) is 18.4 Å². The Morgan fingerprint density at radius 1 is 1.14 bits per heavy atom. The number of hydrogen-bond acceptors (Lipinski definition) is 2. The van der Waals surface area contributed by atoms with Crippen molar-refractivity contribution >= 4 is 34.8 Å². The van der Waals surface area contributed by atoms with Gasteiger partial charge in [0.25, 0.3) is 0 Å². The second-order valence-electron chi connectivity index (χ2n) is 5.51. The topological polar surface area (TPSA) is 41.1 Å². The second kappa shape index (κ2) is 9.06. The number of halogens is 2. The smallest absolute Gasteiger partial charge is 0.221 e. The zero-order valence-electron chi connectivity index (χ0n) is 12.6. The minimum Gasteiger partial charge on any atom is -0.384 e. The molecule has 22 heavy (non-hydrogen) atoms. The molecule has 0 heterocycles. The molecule has 0 spiro atoms. The van der Waals surface area contributed by atoms with Crippen LogP contribution in [0.4, 0.5) is 5.69 Å². The number of carbonyl (C=O) groups excluding carboxylic acids is 1. The molecule has 1 aliphatic rings. The van der Waals surface area contributed by atoms with Crippen LogP contribution in [0.15, 0.2) is 29.8 Å². The van der Waals surface area contributed by atoms with E-state index in [0.717, 1.165) is 18.7 Å². The van der Waals surface area contributed by atoms with E-state index in [4.69, 9.17) is 23.2 Å². The molecule has 1 aliphatic carbocycles. The van der Waals surface area contributed by atoms with Crippen LogP contribution in [0.25, 0.3) is 0 Å². The molecule has 0 atom stereocenters. The van der Waals surface area contributed by atoms with Gasteiger partial charge in [-0.15, -0.1) is 0 Å². The number of hydrogen-bond donors (Lipinski definition) is 2. The monoisotopic (exact) mass is 340 g/mol. The highest BCUT2D eigenvalue weighted by Crippen LogP contribution is 2.24. The van der Waals surface area contributed by atoms with Gasteiger partial charge < -0.3 is 10.6 Å². The van der Waals surface area contributed by atoms with Crippen molar-refractivity contribution in [2.45, 2.75) is 38.5 Å². The van der Waals surface area contributed by atoms with Crippen molar-refractivity contribution in [3.8, 4) is 0 Å². The number of anilines is 1. The molecule has 0 saturated heterocycles. The summed E-state index contributed by atoms with van der Waals surface area (Å²) < 4.78 is 0. The van der Waals surface area contributed by atoms with E-state index < -0.39 is 0 Å². The van der Waals surface area contributed by atoms with Crippen LogP contribution in [0.2, 0.25) is 10.0 Å². The zero-order chi connectivity index (χ0) is 15.8. The van der Waals surface area contributed by atoms with Crippen molar-refractivity contribution in [1.29, 1.82) is 0 Å². The fourth-order valence-corrected chi connectivity index (χ4v) is 2.81. The minimum absolute atomic E-state index is 0.0731. The lowest BCUT2D eigenvalue weighted by Gasteiger charge is -2.13. The molecule has 2 N–H and O–H groups in total. The summed E-state index contributed by atoms with van der Waals surface area (Å²) in [6.07, 6.45) is 8.71. The van der Waals surface area contributed by atoms with Crippen LogP contribution in [0, 0.1) is 0 Å². The molecular formula is C17H22Cl2N2O. The van der Waals surface area contributed by atoms with Crippen molar-refractivity contribution in [3.63, 3.8) is 0 Å². The van der Waals surface area contributed by atoms with Crippen LogP contribution in [0.3, 0.4) is 0 Å². The first kappa shape index (κ1) is 17.2. The van der Waals surface area contributed by atoms with Gasteiger partial charge in [0.1, 0.15) is 0 Å². The first-order chi connectivity index (χ1) is 10.6. The molecule has 1 amide bonds. The van der Waals surface area contributed by atoms with Crippen LogP contribution >= 0.6 is 23.2 Å². The SMILES string of the molecule is O=C(CCNc1ccc(Cl)c(Cl)c1)NCCC1=CCCCC1. The molecule has 1 aromatic carbocycles. The Morgan fingerprint density at radius 2 is 2.00 bits per heavy atom. The van der Waals surface area contributed by atoms with Crippen molar-refractivity contribution in [2.24, 2.45) is 0 Å². The summed E-state index contributed by atoms with van der Waals surface area (Å²) in [5, 5.41) is 7.18. The van der Waals surface area contributed by atoms with Gasteiger partial charge in [-0.1, -0.05) is 34.9 Å². The summed E-state index contributed by atoms with van der Waals surface area (Å²) >= 11 is 11.8. The highest BCUT2D eigenvalue weighted by atomic mass is 35.5. The second-order valence-corrected chi connectivity index (χ2v) is 6.33. The summed E-state index contributed by atoms with van der Waals surface area (Å²) in [5.41, 5.74) is 2.36. The molecule has 0 aliphatic heterocycles. The molecule has 1 aromatic rings. The Hall–Kier alpha value is -1.19. The predicted octanol–water partition coefficient (Wildman–Crippen LogP) is 4.80. The summed E-state index contributed by atoms with van der Waals surface area (Å²) in [5.74, 6) is 0.0731. The molecule has 0 saturated carbocycles. The highest BCUT2D eigenvalue weighted by Gasteiger charge is 2.05. The maximum atomic E-state index is 11.8. The third-order valence-electron chi connectivity index (χ3n) is 3.75. The van der Waals surface area contributed by atoms with Crippen LogP contribution in [-0.4, -0.2) is 19.0 Å². The molecular weight excluding hydrogens is 319 g/mol. The van der Waals surface area contributed by atoms with Gasteiger partial charge in [0.2, 0.25) is 5.91 Å². The largest absolute Gasteiger partial charge is 0.384 e. The van der Waals surface area contributed by atoms with Crippen LogP contribution in [0.1, 0.15) is 38.5 Å². The first-order valence-corrected chi connectivity index (χ1v) is 8.54. The van der Waals surface area contributed by atoms with Gasteiger partial charge in [0.05, 0.1) is 10.0 Å². The molecule has 2 rings (SSSR count). The van der Waals surface area contributed by atoms with Crippen molar-refractivity contribution < 1.29 is 4.79 Å². The lowest BCUT2D eigenvalue weighted by atomic mass is 9.97.